The molecule has 108 valence electrons. The van der Waals surface area contributed by atoms with Crippen molar-refractivity contribution in [3.63, 3.8) is 0 Å². The van der Waals surface area contributed by atoms with E-state index in [-0.39, 0.29) is 0 Å². The van der Waals surface area contributed by atoms with E-state index < -0.39 is 0 Å². The van der Waals surface area contributed by atoms with Crippen molar-refractivity contribution in [2.24, 2.45) is 0 Å². The van der Waals surface area contributed by atoms with Gasteiger partial charge in [-0.25, -0.2) is 0 Å². The number of para-hydroxylation sites is 1. The molecule has 0 aliphatic carbocycles. The average molecular weight is 270 g/mol. The summed E-state index contributed by atoms with van der Waals surface area (Å²) in [6, 6.07) is 9.49. The van der Waals surface area contributed by atoms with Crippen LogP contribution in [-0.4, -0.2) is 29.0 Å². The Bertz CT molecular complexity index is 545. The summed E-state index contributed by atoms with van der Waals surface area (Å²) in [5.41, 5.74) is 2.81. The van der Waals surface area contributed by atoms with Crippen LogP contribution in [0.1, 0.15) is 51.0 Å². The first-order chi connectivity index (χ1) is 9.83. The van der Waals surface area contributed by atoms with Gasteiger partial charge in [0, 0.05) is 23.1 Å². The number of fused-ring (bicyclic) bond motifs is 1. The molecular formula is C18H26N2. The highest BCUT2D eigenvalue weighted by Crippen LogP contribution is 2.33. The molecule has 20 heavy (non-hydrogen) atoms. The van der Waals surface area contributed by atoms with Crippen LogP contribution in [0.4, 0.5) is 0 Å². The van der Waals surface area contributed by atoms with E-state index in [1.54, 1.807) is 0 Å². The molecule has 1 fully saturated rings. The largest absolute Gasteiger partial charge is 0.361 e. The molecule has 1 aliphatic heterocycles. The zero-order chi connectivity index (χ0) is 13.9. The molecule has 2 aromatic rings. The summed E-state index contributed by atoms with van der Waals surface area (Å²) in [5.74, 6) is 0.733. The van der Waals surface area contributed by atoms with Crippen LogP contribution >= 0.6 is 0 Å². The molecular weight excluding hydrogens is 244 g/mol. The van der Waals surface area contributed by atoms with Gasteiger partial charge >= 0.3 is 0 Å². The standard InChI is InChI=1S/C18H26N2/c1-3-15(4-2)20-11-9-14(10-12-20)17-13-19-18-8-6-5-7-16(17)18/h5-8,13-15,19H,3-4,9-12H2,1-2H3. The van der Waals surface area contributed by atoms with E-state index in [0.717, 1.165) is 12.0 Å². The summed E-state index contributed by atoms with van der Waals surface area (Å²) in [6.07, 6.45) is 7.42. The van der Waals surface area contributed by atoms with Crippen LogP contribution in [0.2, 0.25) is 0 Å². The SMILES string of the molecule is CCC(CC)N1CCC(c2c[nH]c3ccccc23)CC1. The number of piperidine rings is 1. The minimum Gasteiger partial charge on any atom is -0.361 e. The van der Waals surface area contributed by atoms with Gasteiger partial charge in [-0.1, -0.05) is 32.0 Å². The number of hydrogen-bond donors (Lipinski definition) is 1. The first-order valence-corrected chi connectivity index (χ1v) is 8.13. The Balaban J connectivity index is 1.72. The van der Waals surface area contributed by atoms with Crippen molar-refractivity contribution in [3.05, 3.63) is 36.0 Å². The van der Waals surface area contributed by atoms with E-state index in [9.17, 15) is 0 Å². The number of aromatic amines is 1. The molecule has 1 aliphatic rings. The zero-order valence-corrected chi connectivity index (χ0v) is 12.7. The van der Waals surface area contributed by atoms with Gasteiger partial charge in [-0.3, -0.25) is 0 Å². The Labute approximate surface area is 122 Å². The number of hydrogen-bond acceptors (Lipinski definition) is 1. The van der Waals surface area contributed by atoms with Gasteiger partial charge in [0.25, 0.3) is 0 Å². The third kappa shape index (κ3) is 2.49. The highest BCUT2D eigenvalue weighted by Gasteiger charge is 2.25. The van der Waals surface area contributed by atoms with E-state index in [2.05, 4.69) is 54.2 Å². The Morgan fingerprint density at radius 3 is 2.55 bits per heavy atom. The third-order valence-electron chi connectivity index (χ3n) is 5.05. The van der Waals surface area contributed by atoms with Crippen molar-refractivity contribution in [2.75, 3.05) is 13.1 Å². The summed E-state index contributed by atoms with van der Waals surface area (Å²) >= 11 is 0. The van der Waals surface area contributed by atoms with Crippen molar-refractivity contribution in [1.82, 2.24) is 9.88 Å². The molecule has 2 heteroatoms. The second kappa shape index (κ2) is 6.01. The van der Waals surface area contributed by atoms with Crippen molar-refractivity contribution < 1.29 is 0 Å². The highest BCUT2D eigenvalue weighted by atomic mass is 15.2. The molecule has 0 amide bonds. The Morgan fingerprint density at radius 1 is 1.15 bits per heavy atom. The number of aromatic nitrogens is 1. The van der Waals surface area contributed by atoms with Crippen LogP contribution < -0.4 is 0 Å². The first-order valence-electron chi connectivity index (χ1n) is 8.13. The molecule has 0 unspecified atom stereocenters. The van der Waals surface area contributed by atoms with E-state index in [1.165, 1.54) is 55.2 Å². The van der Waals surface area contributed by atoms with E-state index in [0.29, 0.717) is 0 Å². The summed E-state index contributed by atoms with van der Waals surface area (Å²) in [7, 11) is 0. The van der Waals surface area contributed by atoms with Crippen molar-refractivity contribution in [3.8, 4) is 0 Å². The molecule has 1 aromatic carbocycles. The van der Waals surface area contributed by atoms with Crippen LogP contribution in [0.15, 0.2) is 30.5 Å². The quantitative estimate of drug-likeness (QED) is 0.864. The molecule has 2 heterocycles. The monoisotopic (exact) mass is 270 g/mol. The summed E-state index contributed by atoms with van der Waals surface area (Å²) in [5, 5.41) is 1.42. The fourth-order valence-electron chi connectivity index (χ4n) is 3.81. The molecule has 0 atom stereocenters. The molecule has 0 spiro atoms. The number of nitrogens with one attached hydrogen (secondary N) is 1. The lowest BCUT2D eigenvalue weighted by molar-refractivity contribution is 0.144. The predicted octanol–water partition coefficient (Wildman–Crippen LogP) is 4.54. The fourth-order valence-corrected chi connectivity index (χ4v) is 3.81. The molecule has 2 nitrogen and oxygen atoms in total. The van der Waals surface area contributed by atoms with Crippen LogP contribution in [0.5, 0.6) is 0 Å². The minimum absolute atomic E-state index is 0.733. The second-order valence-electron chi connectivity index (χ2n) is 6.07. The number of H-pyrrole nitrogens is 1. The predicted molar refractivity (Wildman–Crippen MR) is 86.2 cm³/mol. The average Bonchev–Trinajstić information content (AvgIpc) is 2.93. The number of nitrogens with zero attached hydrogens (tertiary/aromatic N) is 1. The Morgan fingerprint density at radius 2 is 1.85 bits per heavy atom. The lowest BCUT2D eigenvalue weighted by Crippen LogP contribution is -2.40. The van der Waals surface area contributed by atoms with Gasteiger partial charge in [0.2, 0.25) is 0 Å². The van der Waals surface area contributed by atoms with Gasteiger partial charge in [0.05, 0.1) is 0 Å². The molecule has 3 rings (SSSR count). The van der Waals surface area contributed by atoms with Gasteiger partial charge in [-0.05, 0) is 56.3 Å². The maximum atomic E-state index is 3.43. The number of likely N-dealkylation sites (tertiary alicyclic amines) is 1. The van der Waals surface area contributed by atoms with Crippen molar-refractivity contribution in [1.29, 1.82) is 0 Å². The Kier molecular flexibility index (Phi) is 4.11. The summed E-state index contributed by atoms with van der Waals surface area (Å²) < 4.78 is 0. The van der Waals surface area contributed by atoms with Crippen molar-refractivity contribution in [2.45, 2.75) is 51.5 Å². The number of benzene rings is 1. The van der Waals surface area contributed by atoms with Crippen LogP contribution in [0.3, 0.4) is 0 Å². The van der Waals surface area contributed by atoms with Gasteiger partial charge in [0.1, 0.15) is 0 Å². The molecule has 0 saturated carbocycles. The lowest BCUT2D eigenvalue weighted by Gasteiger charge is -2.37. The fraction of sp³-hybridized carbons (Fsp3) is 0.556. The maximum absolute atomic E-state index is 3.43. The third-order valence-corrected chi connectivity index (χ3v) is 5.05. The summed E-state index contributed by atoms with van der Waals surface area (Å²) in [4.78, 5) is 6.13. The summed E-state index contributed by atoms with van der Waals surface area (Å²) in [6.45, 7) is 7.16. The molecule has 0 radical (unpaired) electrons. The van der Waals surface area contributed by atoms with Gasteiger partial charge in [-0.15, -0.1) is 0 Å². The lowest BCUT2D eigenvalue weighted by atomic mass is 9.88. The smallest absolute Gasteiger partial charge is 0.0456 e. The van der Waals surface area contributed by atoms with Crippen molar-refractivity contribution >= 4 is 10.9 Å². The molecule has 1 aromatic heterocycles. The second-order valence-corrected chi connectivity index (χ2v) is 6.07. The van der Waals surface area contributed by atoms with E-state index in [1.807, 2.05) is 0 Å². The normalized spacial score (nSPS) is 18.1. The van der Waals surface area contributed by atoms with Crippen LogP contribution in [0.25, 0.3) is 10.9 Å². The molecule has 1 N–H and O–H groups in total. The maximum Gasteiger partial charge on any atom is 0.0456 e. The van der Waals surface area contributed by atoms with E-state index >= 15 is 0 Å². The minimum atomic E-state index is 0.733. The molecule has 0 bridgehead atoms. The van der Waals surface area contributed by atoms with Crippen LogP contribution in [0, 0.1) is 0 Å². The molecule has 1 saturated heterocycles. The number of rotatable bonds is 4. The van der Waals surface area contributed by atoms with Crippen LogP contribution in [-0.2, 0) is 0 Å². The highest BCUT2D eigenvalue weighted by molar-refractivity contribution is 5.83. The van der Waals surface area contributed by atoms with Gasteiger partial charge in [-0.2, -0.15) is 0 Å². The Hall–Kier alpha value is -1.28. The van der Waals surface area contributed by atoms with Gasteiger partial charge < -0.3 is 9.88 Å². The zero-order valence-electron chi connectivity index (χ0n) is 12.7. The van der Waals surface area contributed by atoms with E-state index in [4.69, 9.17) is 0 Å². The first kappa shape index (κ1) is 13.7. The van der Waals surface area contributed by atoms with Gasteiger partial charge in [0.15, 0.2) is 0 Å². The topological polar surface area (TPSA) is 19.0 Å².